The normalized spacial score (nSPS) is 20.4. The smallest absolute Gasteiger partial charge is 0.271 e. The van der Waals surface area contributed by atoms with Crippen LogP contribution in [0, 0.1) is 16.0 Å². The number of nitrogens with zero attached hydrogens (tertiary/aromatic N) is 3. The molecule has 3 unspecified atom stereocenters. The summed E-state index contributed by atoms with van der Waals surface area (Å²) >= 11 is 0. The molecule has 2 saturated heterocycles. The number of fused-ring (bicyclic) bond motifs is 1. The summed E-state index contributed by atoms with van der Waals surface area (Å²) in [6, 6.07) is 17.5. The van der Waals surface area contributed by atoms with E-state index in [2.05, 4.69) is 0 Å². The highest BCUT2D eigenvalue weighted by Gasteiger charge is 2.60. The molecule has 0 N–H and O–H groups in total. The van der Waals surface area contributed by atoms with E-state index in [1.54, 1.807) is 18.2 Å². The van der Waals surface area contributed by atoms with Gasteiger partial charge < -0.3 is 14.2 Å². The number of ether oxygens (including phenoxy) is 3. The van der Waals surface area contributed by atoms with Crippen LogP contribution in [0.1, 0.15) is 17.2 Å². The van der Waals surface area contributed by atoms with Crippen LogP contribution >= 0.6 is 0 Å². The molecule has 38 heavy (non-hydrogen) atoms. The second kappa shape index (κ2) is 10.0. The average molecular weight is 520 g/mol. The van der Waals surface area contributed by atoms with Gasteiger partial charge in [-0.15, -0.1) is 0 Å². The van der Waals surface area contributed by atoms with E-state index in [1.807, 2.05) is 30.3 Å². The van der Waals surface area contributed by atoms with Crippen molar-refractivity contribution in [2.45, 2.75) is 18.7 Å². The number of carbonyl (C=O) groups is 2. The Morgan fingerprint density at radius 2 is 1.63 bits per heavy atom. The number of nitro benzene ring substituents is 1. The summed E-state index contributed by atoms with van der Waals surface area (Å²) in [5.41, 5.74) is 1.44. The van der Waals surface area contributed by atoms with Crippen LogP contribution in [0.5, 0.6) is 17.2 Å². The van der Waals surface area contributed by atoms with Gasteiger partial charge in [0.25, 0.3) is 11.6 Å². The van der Waals surface area contributed by atoms with E-state index in [9.17, 15) is 19.7 Å². The van der Waals surface area contributed by atoms with Gasteiger partial charge in [-0.1, -0.05) is 36.4 Å². The molecular formula is C27H25N3O8. The van der Waals surface area contributed by atoms with Gasteiger partial charge in [-0.25, -0.2) is 5.06 Å². The first-order valence-corrected chi connectivity index (χ1v) is 11.8. The lowest BCUT2D eigenvalue weighted by Crippen LogP contribution is -2.37. The minimum absolute atomic E-state index is 0.0987. The number of carbonyl (C=O) groups excluding carboxylic acids is 2. The predicted octanol–water partition coefficient (Wildman–Crippen LogP) is 3.67. The van der Waals surface area contributed by atoms with E-state index in [1.165, 1.54) is 49.5 Å². The standard InChI is InChI=1S/C27H25N3O8/c1-35-20-13-12-19(23(36-2)24(20)37-3)22-21-25(38-29(22)17-10-7-11-18(14-17)30(33)34)27(32)28(26(21)31)15-16-8-5-4-6-9-16/h4-14,21-22,25H,15H2,1-3H3. The van der Waals surface area contributed by atoms with Gasteiger partial charge in [0, 0.05) is 17.7 Å². The zero-order valence-corrected chi connectivity index (χ0v) is 20.9. The summed E-state index contributed by atoms with van der Waals surface area (Å²) in [5, 5.41) is 12.8. The first-order chi connectivity index (χ1) is 18.4. The second-order valence-electron chi connectivity index (χ2n) is 8.77. The minimum atomic E-state index is -1.13. The molecule has 11 heteroatoms. The summed E-state index contributed by atoms with van der Waals surface area (Å²) in [4.78, 5) is 45.5. The maximum absolute atomic E-state index is 13.8. The number of methoxy groups -OCH3 is 3. The van der Waals surface area contributed by atoms with Crippen LogP contribution in [0.2, 0.25) is 0 Å². The molecule has 0 bridgehead atoms. The first kappa shape index (κ1) is 25.0. The van der Waals surface area contributed by atoms with E-state index < -0.39 is 34.8 Å². The minimum Gasteiger partial charge on any atom is -0.493 e. The Morgan fingerprint density at radius 1 is 0.895 bits per heavy atom. The molecule has 11 nitrogen and oxygen atoms in total. The number of nitro groups is 1. The first-order valence-electron chi connectivity index (χ1n) is 11.8. The number of non-ortho nitro benzene ring substituents is 1. The maximum atomic E-state index is 13.8. The van der Waals surface area contributed by atoms with Crippen molar-refractivity contribution < 1.29 is 33.6 Å². The zero-order valence-electron chi connectivity index (χ0n) is 20.9. The number of anilines is 1. The fourth-order valence-corrected chi connectivity index (χ4v) is 5.03. The molecule has 0 radical (unpaired) electrons. The van der Waals surface area contributed by atoms with Crippen LogP contribution < -0.4 is 19.3 Å². The third-order valence-corrected chi connectivity index (χ3v) is 6.74. The predicted molar refractivity (Wildman–Crippen MR) is 135 cm³/mol. The SMILES string of the molecule is COc1ccc(C2C3C(=O)N(Cc4ccccc4)C(=O)C3ON2c2cccc([N+](=O)[O-])c2)c(OC)c1OC. The second-order valence-corrected chi connectivity index (χ2v) is 8.77. The number of rotatable bonds is 8. The number of likely N-dealkylation sites (tertiary alicyclic amines) is 1. The van der Waals surface area contributed by atoms with Crippen molar-refractivity contribution in [2.24, 2.45) is 5.92 Å². The van der Waals surface area contributed by atoms with Crippen molar-refractivity contribution >= 4 is 23.2 Å². The molecule has 2 fully saturated rings. The lowest BCUT2D eigenvalue weighted by atomic mass is 9.89. The molecule has 5 rings (SSSR count). The highest BCUT2D eigenvalue weighted by molar-refractivity contribution is 6.07. The maximum Gasteiger partial charge on any atom is 0.271 e. The Balaban J connectivity index is 1.63. The number of benzene rings is 3. The van der Waals surface area contributed by atoms with Crippen LogP contribution in [0.4, 0.5) is 11.4 Å². The summed E-state index contributed by atoms with van der Waals surface area (Å²) in [6.07, 6.45) is -1.13. The Kier molecular flexibility index (Phi) is 6.60. The monoisotopic (exact) mass is 519 g/mol. The molecule has 3 aromatic carbocycles. The van der Waals surface area contributed by atoms with Crippen LogP contribution in [0.15, 0.2) is 66.7 Å². The van der Waals surface area contributed by atoms with Crippen molar-refractivity contribution in [3.05, 3.63) is 88.0 Å². The van der Waals surface area contributed by atoms with Crippen molar-refractivity contribution in [3.8, 4) is 17.2 Å². The molecule has 3 atom stereocenters. The van der Waals surface area contributed by atoms with Gasteiger partial charge in [-0.3, -0.25) is 29.4 Å². The number of hydroxylamine groups is 1. The van der Waals surface area contributed by atoms with Gasteiger partial charge in [0.1, 0.15) is 12.0 Å². The topological polar surface area (TPSA) is 121 Å². The van der Waals surface area contributed by atoms with Crippen molar-refractivity contribution in [2.75, 3.05) is 26.4 Å². The number of amides is 2. The lowest BCUT2D eigenvalue weighted by molar-refractivity contribution is -0.384. The van der Waals surface area contributed by atoms with Gasteiger partial charge >= 0.3 is 0 Å². The molecule has 2 heterocycles. The van der Waals surface area contributed by atoms with E-state index in [4.69, 9.17) is 19.0 Å². The summed E-state index contributed by atoms with van der Waals surface area (Å²) in [7, 11) is 4.40. The van der Waals surface area contributed by atoms with E-state index in [-0.39, 0.29) is 12.2 Å². The van der Waals surface area contributed by atoms with Crippen molar-refractivity contribution in [3.63, 3.8) is 0 Å². The number of hydrogen-bond donors (Lipinski definition) is 0. The largest absolute Gasteiger partial charge is 0.493 e. The van der Waals surface area contributed by atoms with Crippen LogP contribution in [0.25, 0.3) is 0 Å². The molecule has 2 aliphatic heterocycles. The van der Waals surface area contributed by atoms with Gasteiger partial charge in [0.15, 0.2) is 17.6 Å². The third-order valence-electron chi connectivity index (χ3n) is 6.74. The number of hydrogen-bond acceptors (Lipinski definition) is 9. The molecule has 0 saturated carbocycles. The van der Waals surface area contributed by atoms with E-state index in [0.717, 1.165) is 5.56 Å². The molecule has 2 amide bonds. The van der Waals surface area contributed by atoms with Gasteiger partial charge in [-0.2, -0.15) is 0 Å². The molecule has 0 spiro atoms. The highest BCUT2D eigenvalue weighted by atomic mass is 16.7. The molecule has 196 valence electrons. The Hall–Kier alpha value is -4.64. The summed E-state index contributed by atoms with van der Waals surface area (Å²) in [6.45, 7) is 0.0987. The Morgan fingerprint density at radius 3 is 2.29 bits per heavy atom. The molecule has 0 aromatic heterocycles. The quantitative estimate of drug-likeness (QED) is 0.249. The van der Waals surface area contributed by atoms with Crippen molar-refractivity contribution in [1.29, 1.82) is 0 Å². The number of imide groups is 1. The fourth-order valence-electron chi connectivity index (χ4n) is 5.03. The van der Waals surface area contributed by atoms with Gasteiger partial charge in [-0.05, 0) is 23.8 Å². The molecule has 0 aliphatic carbocycles. The van der Waals surface area contributed by atoms with Gasteiger partial charge in [0.2, 0.25) is 11.7 Å². The molecule has 3 aromatic rings. The van der Waals surface area contributed by atoms with E-state index in [0.29, 0.717) is 28.5 Å². The summed E-state index contributed by atoms with van der Waals surface area (Å²) < 4.78 is 16.6. The molecule has 2 aliphatic rings. The van der Waals surface area contributed by atoms with Gasteiger partial charge in [0.05, 0.1) is 38.5 Å². The average Bonchev–Trinajstić information content (AvgIpc) is 3.44. The third kappa shape index (κ3) is 4.06. The van der Waals surface area contributed by atoms with E-state index >= 15 is 0 Å². The molecular weight excluding hydrogens is 494 g/mol. The van der Waals surface area contributed by atoms with Crippen LogP contribution in [-0.2, 0) is 21.0 Å². The Bertz CT molecular complexity index is 1400. The van der Waals surface area contributed by atoms with Crippen LogP contribution in [-0.4, -0.2) is 49.1 Å². The highest BCUT2D eigenvalue weighted by Crippen LogP contribution is 2.52. The lowest BCUT2D eigenvalue weighted by Gasteiger charge is -2.30. The fraction of sp³-hybridized carbons (Fsp3) is 0.259. The van der Waals surface area contributed by atoms with Crippen molar-refractivity contribution in [1.82, 2.24) is 4.90 Å². The van der Waals surface area contributed by atoms with Crippen LogP contribution in [0.3, 0.4) is 0 Å². The Labute approximate surface area is 218 Å². The summed E-state index contributed by atoms with van der Waals surface area (Å²) in [5.74, 6) is -0.853. The zero-order chi connectivity index (χ0) is 27.0.